The minimum absolute atomic E-state index is 0.415. The first-order chi connectivity index (χ1) is 12.3. The summed E-state index contributed by atoms with van der Waals surface area (Å²) in [5.74, 6) is -5.73. The number of Topliss-reactive ketones (excluding diaryl/α,β-unsaturated/α-hetero) is 1. The Morgan fingerprint density at radius 3 is 1.73 bits per heavy atom. The fourth-order valence-electron chi connectivity index (χ4n) is 2.86. The summed E-state index contributed by atoms with van der Waals surface area (Å²) in [6.07, 6.45) is 0. The quantitative estimate of drug-likeness (QED) is 0.597. The van der Waals surface area contributed by atoms with Crippen molar-refractivity contribution >= 4 is 22.7 Å². The summed E-state index contributed by atoms with van der Waals surface area (Å²) in [5, 5.41) is 56.1. The van der Waals surface area contributed by atoms with Gasteiger partial charge in [0, 0.05) is 41.0 Å². The van der Waals surface area contributed by atoms with Gasteiger partial charge in [-0.1, -0.05) is 0 Å². The summed E-state index contributed by atoms with van der Waals surface area (Å²) in [6.45, 7) is 0. The highest BCUT2D eigenvalue weighted by Crippen LogP contribution is 2.52. The molecule has 0 saturated heterocycles. The van der Waals surface area contributed by atoms with E-state index in [1.54, 1.807) is 0 Å². The maximum absolute atomic E-state index is 12.5. The molecular weight excluding hydrogens is 348 g/mol. The Kier molecular flexibility index (Phi) is 3.80. The molecule has 0 aliphatic heterocycles. The zero-order chi connectivity index (χ0) is 19.2. The number of phenolic OH excluding ortho intramolecular Hbond substituents is 4. The van der Waals surface area contributed by atoms with Crippen LogP contribution >= 0.6 is 0 Å². The molecule has 132 valence electrons. The Morgan fingerprint density at radius 1 is 0.846 bits per heavy atom. The van der Waals surface area contributed by atoms with Gasteiger partial charge in [0.2, 0.25) is 0 Å². The van der Waals surface area contributed by atoms with E-state index in [-0.39, 0.29) is 0 Å². The average Bonchev–Trinajstić information content (AvgIpc) is 2.58. The van der Waals surface area contributed by atoms with Crippen LogP contribution in [0.15, 0.2) is 40.4 Å². The normalized spacial score (nSPS) is 16.3. The Morgan fingerprint density at radius 2 is 1.31 bits per heavy atom. The van der Waals surface area contributed by atoms with Gasteiger partial charge < -0.3 is 25.5 Å². The number of rotatable bonds is 4. The number of nitroso groups, excluding NO2 is 2. The Bertz CT molecular complexity index is 959. The second-order valence-corrected chi connectivity index (χ2v) is 5.48. The molecule has 4 N–H and O–H groups in total. The predicted molar refractivity (Wildman–Crippen MR) is 85.1 cm³/mol. The highest BCUT2D eigenvalue weighted by atomic mass is 16.3. The van der Waals surface area contributed by atoms with Crippen LogP contribution in [-0.2, 0) is 4.79 Å². The van der Waals surface area contributed by atoms with Crippen molar-refractivity contribution in [3.05, 3.63) is 51.0 Å². The molecular formula is C16H9N2O8-. The number of hydrogen-bond donors (Lipinski definition) is 4. The minimum Gasteiger partial charge on any atom is -0.874 e. The molecule has 0 radical (unpaired) electrons. The lowest BCUT2D eigenvalue weighted by molar-refractivity contribution is -0.310. The third kappa shape index (κ3) is 2.32. The smallest absolute Gasteiger partial charge is 0.173 e. The monoisotopic (exact) mass is 357 g/mol. The lowest BCUT2D eigenvalue weighted by Gasteiger charge is -2.37. The molecule has 3 rings (SSSR count). The Balaban J connectivity index is 2.21. The van der Waals surface area contributed by atoms with E-state index in [2.05, 4.69) is 10.4 Å². The molecule has 0 amide bonds. The number of allylic oxidation sites excluding steroid dienone is 2. The van der Waals surface area contributed by atoms with E-state index in [1.165, 1.54) is 0 Å². The lowest BCUT2D eigenvalue weighted by Crippen LogP contribution is -2.35. The molecule has 1 atom stereocenters. The van der Waals surface area contributed by atoms with Crippen LogP contribution in [0.1, 0.15) is 17.0 Å². The molecule has 0 spiro atoms. The summed E-state index contributed by atoms with van der Waals surface area (Å²) in [7, 11) is 0. The summed E-state index contributed by atoms with van der Waals surface area (Å²) in [6, 6.07) is 3.39. The maximum atomic E-state index is 12.5. The van der Waals surface area contributed by atoms with E-state index in [1.807, 2.05) is 0 Å². The number of ketones is 1. The molecule has 1 aliphatic carbocycles. The van der Waals surface area contributed by atoms with Gasteiger partial charge in [-0.3, -0.25) is 4.79 Å². The van der Waals surface area contributed by atoms with Crippen LogP contribution in [0, 0.1) is 9.81 Å². The Labute approximate surface area is 144 Å². The third-order valence-corrected chi connectivity index (χ3v) is 3.96. The molecule has 1 aliphatic rings. The summed E-state index contributed by atoms with van der Waals surface area (Å²) < 4.78 is 0. The van der Waals surface area contributed by atoms with Crippen LogP contribution in [-0.4, -0.2) is 26.2 Å². The van der Waals surface area contributed by atoms with Crippen molar-refractivity contribution in [3.8, 4) is 23.0 Å². The SMILES string of the molecule is O=Nc1cc(O)cc(N=O)c1C1=C([O-])C(c2c(O)cc(O)cc2O)C1=O. The zero-order valence-electron chi connectivity index (χ0n) is 12.7. The van der Waals surface area contributed by atoms with E-state index < -0.39 is 68.5 Å². The van der Waals surface area contributed by atoms with E-state index in [0.29, 0.717) is 0 Å². The average molecular weight is 357 g/mol. The van der Waals surface area contributed by atoms with Crippen LogP contribution in [0.5, 0.6) is 23.0 Å². The van der Waals surface area contributed by atoms with Crippen molar-refractivity contribution in [2.75, 3.05) is 0 Å². The highest BCUT2D eigenvalue weighted by Gasteiger charge is 2.40. The molecule has 2 aromatic carbocycles. The van der Waals surface area contributed by atoms with Gasteiger partial charge in [0.05, 0.1) is 5.92 Å². The number of phenols is 4. The second kappa shape index (κ2) is 5.84. The van der Waals surface area contributed by atoms with Gasteiger partial charge in [0.1, 0.15) is 34.4 Å². The van der Waals surface area contributed by atoms with Gasteiger partial charge in [0.25, 0.3) is 0 Å². The highest BCUT2D eigenvalue weighted by molar-refractivity contribution is 6.33. The number of benzene rings is 2. The molecule has 10 nitrogen and oxygen atoms in total. The molecule has 0 bridgehead atoms. The van der Waals surface area contributed by atoms with Gasteiger partial charge in [-0.15, -0.1) is 15.6 Å². The lowest BCUT2D eigenvalue weighted by atomic mass is 9.73. The number of hydrogen-bond acceptors (Lipinski definition) is 10. The van der Waals surface area contributed by atoms with Crippen molar-refractivity contribution in [1.82, 2.24) is 0 Å². The van der Waals surface area contributed by atoms with Crippen LogP contribution < -0.4 is 5.11 Å². The predicted octanol–water partition coefficient (Wildman–Crippen LogP) is 1.74. The molecule has 1 unspecified atom stereocenters. The molecule has 26 heavy (non-hydrogen) atoms. The van der Waals surface area contributed by atoms with Crippen LogP contribution in [0.25, 0.3) is 5.57 Å². The molecule has 0 heterocycles. The third-order valence-electron chi connectivity index (χ3n) is 3.96. The van der Waals surface area contributed by atoms with Gasteiger partial charge in [0.15, 0.2) is 5.78 Å². The second-order valence-electron chi connectivity index (χ2n) is 5.48. The van der Waals surface area contributed by atoms with Gasteiger partial charge in [-0.25, -0.2) is 0 Å². The molecule has 10 heteroatoms. The van der Waals surface area contributed by atoms with Crippen molar-refractivity contribution in [3.63, 3.8) is 0 Å². The van der Waals surface area contributed by atoms with E-state index in [9.17, 15) is 40.1 Å². The maximum Gasteiger partial charge on any atom is 0.173 e. The standard InChI is InChI=1S/C16H10N2O8/c19-5-1-7(17-25)11(8(2-5)18-26)13-15(23)14(16(13)24)12-9(21)3-6(20)4-10(12)22/h1-4,14,19-23H/p-1. The van der Waals surface area contributed by atoms with Crippen molar-refractivity contribution in [2.45, 2.75) is 5.92 Å². The number of carbonyl (C=O) groups excluding carboxylic acids is 1. The summed E-state index contributed by atoms with van der Waals surface area (Å²) in [4.78, 5) is 34.4. The number of nitrogens with zero attached hydrogens (tertiary/aromatic N) is 2. The van der Waals surface area contributed by atoms with Crippen LogP contribution in [0.2, 0.25) is 0 Å². The topological polar surface area (TPSA) is 180 Å². The van der Waals surface area contributed by atoms with Crippen LogP contribution in [0.4, 0.5) is 11.4 Å². The molecule has 2 aromatic rings. The van der Waals surface area contributed by atoms with E-state index in [4.69, 9.17) is 0 Å². The van der Waals surface area contributed by atoms with Crippen molar-refractivity contribution in [2.24, 2.45) is 10.4 Å². The number of aromatic hydroxyl groups is 4. The molecule has 0 fully saturated rings. The first-order valence-electron chi connectivity index (χ1n) is 7.04. The van der Waals surface area contributed by atoms with Crippen LogP contribution in [0.3, 0.4) is 0 Å². The minimum atomic E-state index is -1.58. The summed E-state index contributed by atoms with van der Waals surface area (Å²) >= 11 is 0. The van der Waals surface area contributed by atoms with Crippen molar-refractivity contribution in [1.29, 1.82) is 0 Å². The number of carbonyl (C=O) groups is 1. The fraction of sp³-hybridized carbons (Fsp3) is 0.0625. The van der Waals surface area contributed by atoms with E-state index in [0.717, 1.165) is 24.3 Å². The largest absolute Gasteiger partial charge is 0.874 e. The van der Waals surface area contributed by atoms with Gasteiger partial charge in [-0.05, 0) is 10.4 Å². The first-order valence-corrected chi connectivity index (χ1v) is 7.04. The fourth-order valence-corrected chi connectivity index (χ4v) is 2.86. The molecule has 0 aromatic heterocycles. The van der Waals surface area contributed by atoms with Gasteiger partial charge in [-0.2, -0.15) is 0 Å². The Hall–Kier alpha value is -3.95. The zero-order valence-corrected chi connectivity index (χ0v) is 12.7. The molecule has 0 saturated carbocycles. The first kappa shape index (κ1) is 16.9. The summed E-state index contributed by atoms with van der Waals surface area (Å²) in [5.41, 5.74) is -2.48. The van der Waals surface area contributed by atoms with E-state index >= 15 is 0 Å². The van der Waals surface area contributed by atoms with Crippen molar-refractivity contribution < 1.29 is 30.3 Å². The van der Waals surface area contributed by atoms with Gasteiger partial charge >= 0.3 is 0 Å².